The molecule has 1 aliphatic heterocycles. The zero-order valence-electron chi connectivity index (χ0n) is 13.2. The van der Waals surface area contributed by atoms with E-state index in [0.29, 0.717) is 12.8 Å². The summed E-state index contributed by atoms with van der Waals surface area (Å²) in [6, 6.07) is 20.4. The molecule has 0 aliphatic carbocycles. The Labute approximate surface area is 141 Å². The van der Waals surface area contributed by atoms with Crippen LogP contribution >= 0.6 is 11.8 Å². The summed E-state index contributed by atoms with van der Waals surface area (Å²) in [6.07, 6.45) is 1.10. The molecule has 0 aromatic heterocycles. The zero-order valence-corrected chi connectivity index (χ0v) is 14.0. The number of rotatable bonds is 4. The Morgan fingerprint density at radius 1 is 0.957 bits per heavy atom. The van der Waals surface area contributed by atoms with Crippen LogP contribution in [0.25, 0.3) is 0 Å². The highest BCUT2D eigenvalue weighted by molar-refractivity contribution is 8.13. The van der Waals surface area contributed by atoms with Crippen LogP contribution in [0.15, 0.2) is 76.9 Å². The van der Waals surface area contributed by atoms with Crippen LogP contribution in [0.4, 0.5) is 0 Å². The third-order valence-corrected chi connectivity index (χ3v) is 4.90. The number of allylic oxidation sites excluding steroid dienone is 2. The SMILES string of the molecule is CC1=C(Cc2ccccc2)C(=O)CC(SCc2ccccc2)=N1. The van der Waals surface area contributed by atoms with Gasteiger partial charge >= 0.3 is 0 Å². The number of hydrogen-bond acceptors (Lipinski definition) is 3. The van der Waals surface area contributed by atoms with Crippen LogP contribution in [0.5, 0.6) is 0 Å². The number of benzene rings is 2. The fourth-order valence-electron chi connectivity index (χ4n) is 2.59. The number of Topliss-reactive ketones (excluding diaryl/α,β-unsaturated/α-hetero) is 1. The maximum atomic E-state index is 12.5. The summed E-state index contributed by atoms with van der Waals surface area (Å²) in [4.78, 5) is 17.1. The summed E-state index contributed by atoms with van der Waals surface area (Å²) in [5.74, 6) is 1.06. The molecule has 0 bridgehead atoms. The van der Waals surface area contributed by atoms with Crippen LogP contribution in [0.3, 0.4) is 0 Å². The molecule has 0 unspecified atom stereocenters. The second kappa shape index (κ2) is 7.42. The lowest BCUT2D eigenvalue weighted by molar-refractivity contribution is -0.114. The number of carbonyl (C=O) groups excluding carboxylic acids is 1. The number of hydrogen-bond donors (Lipinski definition) is 0. The van der Waals surface area contributed by atoms with E-state index >= 15 is 0 Å². The molecule has 0 spiro atoms. The molecule has 2 nitrogen and oxygen atoms in total. The second-order valence-electron chi connectivity index (χ2n) is 5.61. The smallest absolute Gasteiger partial charge is 0.167 e. The molecule has 116 valence electrons. The van der Waals surface area contributed by atoms with Gasteiger partial charge < -0.3 is 0 Å². The van der Waals surface area contributed by atoms with E-state index in [-0.39, 0.29) is 5.78 Å². The van der Waals surface area contributed by atoms with Gasteiger partial charge in [-0.25, -0.2) is 0 Å². The summed E-state index contributed by atoms with van der Waals surface area (Å²) >= 11 is 1.66. The molecule has 0 saturated heterocycles. The summed E-state index contributed by atoms with van der Waals surface area (Å²) in [5.41, 5.74) is 4.12. The van der Waals surface area contributed by atoms with Gasteiger partial charge in [-0.15, -0.1) is 11.8 Å². The zero-order chi connectivity index (χ0) is 16.1. The molecule has 2 aromatic rings. The fourth-order valence-corrected chi connectivity index (χ4v) is 3.55. The lowest BCUT2D eigenvalue weighted by Crippen LogP contribution is -2.16. The first-order valence-electron chi connectivity index (χ1n) is 7.73. The van der Waals surface area contributed by atoms with Gasteiger partial charge in [-0.05, 0) is 18.1 Å². The summed E-state index contributed by atoms with van der Waals surface area (Å²) in [5, 5.41) is 0.924. The molecule has 1 aliphatic rings. The second-order valence-corrected chi connectivity index (χ2v) is 6.65. The predicted octanol–water partition coefficient (Wildman–Crippen LogP) is 4.81. The summed E-state index contributed by atoms with van der Waals surface area (Å²) in [7, 11) is 0. The van der Waals surface area contributed by atoms with Gasteiger partial charge in [0.2, 0.25) is 0 Å². The number of carbonyl (C=O) groups is 1. The Hall–Kier alpha value is -2.13. The standard InChI is InChI=1S/C20H19NOS/c1-15-18(12-16-8-4-2-5-9-16)19(22)13-20(21-15)23-14-17-10-6-3-7-11-17/h2-11H,12-14H2,1H3. The molecule has 0 radical (unpaired) electrons. The Bertz CT molecular complexity index is 748. The molecule has 0 saturated carbocycles. The highest BCUT2D eigenvalue weighted by Crippen LogP contribution is 2.26. The molecule has 0 atom stereocenters. The van der Waals surface area contributed by atoms with Crippen molar-refractivity contribution in [2.24, 2.45) is 4.99 Å². The average molecular weight is 321 g/mol. The third kappa shape index (κ3) is 4.20. The average Bonchev–Trinajstić information content (AvgIpc) is 2.58. The van der Waals surface area contributed by atoms with Crippen molar-refractivity contribution in [1.82, 2.24) is 0 Å². The normalized spacial score (nSPS) is 14.8. The number of aliphatic imine (C=N–C) groups is 1. The highest BCUT2D eigenvalue weighted by atomic mass is 32.2. The molecule has 2 aromatic carbocycles. The first-order valence-corrected chi connectivity index (χ1v) is 8.72. The Kier molecular flexibility index (Phi) is 5.09. The van der Waals surface area contributed by atoms with Crippen molar-refractivity contribution in [1.29, 1.82) is 0 Å². The van der Waals surface area contributed by atoms with Crippen LogP contribution in [-0.2, 0) is 17.0 Å². The number of ketones is 1. The van der Waals surface area contributed by atoms with E-state index in [1.807, 2.05) is 43.3 Å². The molecule has 1 heterocycles. The quantitative estimate of drug-likeness (QED) is 0.809. The maximum absolute atomic E-state index is 12.5. The Morgan fingerprint density at radius 2 is 1.57 bits per heavy atom. The van der Waals surface area contributed by atoms with E-state index in [1.165, 1.54) is 5.56 Å². The van der Waals surface area contributed by atoms with Crippen molar-refractivity contribution in [2.45, 2.75) is 25.5 Å². The molecule has 0 N–H and O–H groups in total. The van der Waals surface area contributed by atoms with Gasteiger partial charge in [0.1, 0.15) is 0 Å². The van der Waals surface area contributed by atoms with Gasteiger partial charge in [0.15, 0.2) is 5.78 Å². The van der Waals surface area contributed by atoms with Gasteiger partial charge in [-0.1, -0.05) is 60.7 Å². The summed E-state index contributed by atoms with van der Waals surface area (Å²) in [6.45, 7) is 1.94. The first-order chi connectivity index (χ1) is 11.2. The van der Waals surface area contributed by atoms with E-state index < -0.39 is 0 Å². The molecule has 0 fully saturated rings. The fraction of sp³-hybridized carbons (Fsp3) is 0.200. The van der Waals surface area contributed by atoms with Crippen LogP contribution < -0.4 is 0 Å². The van der Waals surface area contributed by atoms with Crippen LogP contribution in [0, 0.1) is 0 Å². The van der Waals surface area contributed by atoms with Gasteiger partial charge in [-0.2, -0.15) is 0 Å². The maximum Gasteiger partial charge on any atom is 0.167 e. The monoisotopic (exact) mass is 321 g/mol. The molecular formula is C20H19NOS. The molecule has 3 heteroatoms. The van der Waals surface area contributed by atoms with Crippen molar-refractivity contribution >= 4 is 22.6 Å². The number of nitrogens with zero attached hydrogens (tertiary/aromatic N) is 1. The van der Waals surface area contributed by atoms with E-state index in [2.05, 4.69) is 29.3 Å². The van der Waals surface area contributed by atoms with Crippen molar-refractivity contribution in [3.8, 4) is 0 Å². The topological polar surface area (TPSA) is 29.4 Å². The van der Waals surface area contributed by atoms with Gasteiger partial charge in [0, 0.05) is 23.4 Å². The largest absolute Gasteiger partial charge is 0.294 e. The molecule has 0 amide bonds. The van der Waals surface area contributed by atoms with Crippen molar-refractivity contribution in [3.05, 3.63) is 83.1 Å². The predicted molar refractivity (Wildman–Crippen MR) is 97.6 cm³/mol. The minimum absolute atomic E-state index is 0.205. The lowest BCUT2D eigenvalue weighted by atomic mass is 9.97. The van der Waals surface area contributed by atoms with E-state index in [4.69, 9.17) is 0 Å². The van der Waals surface area contributed by atoms with Gasteiger partial charge in [0.25, 0.3) is 0 Å². The Morgan fingerprint density at radius 3 is 2.17 bits per heavy atom. The van der Waals surface area contributed by atoms with Crippen LogP contribution in [0.1, 0.15) is 24.5 Å². The van der Waals surface area contributed by atoms with E-state index in [9.17, 15) is 4.79 Å². The van der Waals surface area contributed by atoms with Gasteiger partial charge in [-0.3, -0.25) is 9.79 Å². The summed E-state index contributed by atoms with van der Waals surface area (Å²) < 4.78 is 0. The lowest BCUT2D eigenvalue weighted by Gasteiger charge is -2.16. The third-order valence-electron chi connectivity index (χ3n) is 3.85. The molecule has 3 rings (SSSR count). The highest BCUT2D eigenvalue weighted by Gasteiger charge is 2.21. The van der Waals surface area contributed by atoms with E-state index in [1.54, 1.807) is 11.8 Å². The minimum Gasteiger partial charge on any atom is -0.294 e. The van der Waals surface area contributed by atoms with Gasteiger partial charge in [0.05, 0.1) is 11.5 Å². The van der Waals surface area contributed by atoms with Crippen molar-refractivity contribution < 1.29 is 4.79 Å². The van der Waals surface area contributed by atoms with Crippen molar-refractivity contribution in [2.75, 3.05) is 0 Å². The van der Waals surface area contributed by atoms with Crippen molar-refractivity contribution in [3.63, 3.8) is 0 Å². The molecule has 23 heavy (non-hydrogen) atoms. The van der Waals surface area contributed by atoms with Crippen LogP contribution in [-0.4, -0.2) is 10.8 Å². The Balaban J connectivity index is 1.70. The van der Waals surface area contributed by atoms with E-state index in [0.717, 1.165) is 27.6 Å². The number of thioether (sulfide) groups is 1. The first kappa shape index (κ1) is 15.8. The van der Waals surface area contributed by atoms with Crippen LogP contribution in [0.2, 0.25) is 0 Å². The molecular weight excluding hydrogens is 302 g/mol. The minimum atomic E-state index is 0.205.